The maximum Gasteiger partial charge on any atom is 0.232 e. The highest BCUT2D eigenvalue weighted by Gasteiger charge is 2.48. The van der Waals surface area contributed by atoms with Crippen LogP contribution in [0.15, 0.2) is 0 Å². The van der Waals surface area contributed by atoms with Gasteiger partial charge in [-0.3, -0.25) is 14.5 Å². The van der Waals surface area contributed by atoms with Crippen LogP contribution in [0.5, 0.6) is 0 Å². The van der Waals surface area contributed by atoms with E-state index < -0.39 is 6.04 Å². The number of nitrogens with two attached hydrogens (primary N) is 1. The summed E-state index contributed by atoms with van der Waals surface area (Å²) in [6.07, 6.45) is 2.37. The molecule has 2 aliphatic rings. The van der Waals surface area contributed by atoms with E-state index in [4.69, 9.17) is 18.0 Å². The van der Waals surface area contributed by atoms with E-state index >= 15 is 0 Å². The standard InChI is InChI=1S/C12H18N2O2S/c1-6(2)9(10(13)17)14-11(15)7-3-4-8(5-7)12(14)16/h6-9H,3-5H2,1-2H3,(H2,13,17). The third-order valence-corrected chi connectivity index (χ3v) is 4.05. The van der Waals surface area contributed by atoms with Gasteiger partial charge in [-0.05, 0) is 25.2 Å². The van der Waals surface area contributed by atoms with Crippen LogP contribution in [0.4, 0.5) is 0 Å². The number of fused-ring (bicyclic) bond motifs is 2. The molecule has 1 aliphatic carbocycles. The van der Waals surface area contributed by atoms with Gasteiger partial charge in [0.25, 0.3) is 0 Å². The van der Waals surface area contributed by atoms with Gasteiger partial charge in [-0.25, -0.2) is 0 Å². The van der Waals surface area contributed by atoms with Gasteiger partial charge < -0.3 is 5.73 Å². The molecule has 3 atom stereocenters. The third kappa shape index (κ3) is 1.97. The van der Waals surface area contributed by atoms with Gasteiger partial charge in [-0.15, -0.1) is 0 Å². The van der Waals surface area contributed by atoms with Crippen LogP contribution in [-0.4, -0.2) is 27.7 Å². The van der Waals surface area contributed by atoms with Crippen LogP contribution in [0, 0.1) is 17.8 Å². The maximum absolute atomic E-state index is 12.2. The predicted octanol–water partition coefficient (Wildman–Crippen LogP) is 1.08. The Morgan fingerprint density at radius 1 is 1.29 bits per heavy atom. The lowest BCUT2D eigenvalue weighted by molar-refractivity contribution is -0.155. The molecule has 2 N–H and O–H groups in total. The van der Waals surface area contributed by atoms with Crippen molar-refractivity contribution in [3.63, 3.8) is 0 Å². The number of amides is 2. The monoisotopic (exact) mass is 254 g/mol. The predicted molar refractivity (Wildman–Crippen MR) is 68.1 cm³/mol. The van der Waals surface area contributed by atoms with Crippen LogP contribution in [-0.2, 0) is 9.59 Å². The molecule has 0 aromatic carbocycles. The van der Waals surface area contributed by atoms with Crippen molar-refractivity contribution in [2.45, 2.75) is 39.2 Å². The van der Waals surface area contributed by atoms with Crippen molar-refractivity contribution >= 4 is 29.0 Å². The Kier molecular flexibility index (Phi) is 3.21. The summed E-state index contributed by atoms with van der Waals surface area (Å²) in [6.45, 7) is 3.86. The molecule has 0 spiro atoms. The molecule has 17 heavy (non-hydrogen) atoms. The summed E-state index contributed by atoms with van der Waals surface area (Å²) in [5.74, 6) is -0.0648. The molecule has 0 aromatic rings. The highest BCUT2D eigenvalue weighted by Crippen LogP contribution is 2.39. The average Bonchev–Trinajstić information content (AvgIpc) is 2.67. The van der Waals surface area contributed by atoms with Crippen LogP contribution in [0.2, 0.25) is 0 Å². The molecular weight excluding hydrogens is 236 g/mol. The molecule has 4 nitrogen and oxygen atoms in total. The van der Waals surface area contributed by atoms with Gasteiger partial charge in [0.1, 0.15) is 0 Å². The van der Waals surface area contributed by atoms with Gasteiger partial charge in [-0.2, -0.15) is 0 Å². The summed E-state index contributed by atoms with van der Waals surface area (Å²) >= 11 is 5.01. The van der Waals surface area contributed by atoms with Gasteiger partial charge >= 0.3 is 0 Å². The highest BCUT2D eigenvalue weighted by molar-refractivity contribution is 7.80. The zero-order valence-electron chi connectivity index (χ0n) is 10.2. The smallest absolute Gasteiger partial charge is 0.232 e. The first-order chi connectivity index (χ1) is 7.93. The van der Waals surface area contributed by atoms with Gasteiger partial charge in [0.15, 0.2) is 0 Å². The number of carbonyl (C=O) groups is 2. The topological polar surface area (TPSA) is 63.4 Å². The average molecular weight is 254 g/mol. The fourth-order valence-electron chi connectivity index (χ4n) is 2.96. The molecule has 94 valence electrons. The van der Waals surface area contributed by atoms with Crippen molar-refractivity contribution in [3.05, 3.63) is 0 Å². The van der Waals surface area contributed by atoms with Crippen LogP contribution in [0.25, 0.3) is 0 Å². The van der Waals surface area contributed by atoms with E-state index in [2.05, 4.69) is 0 Å². The minimum Gasteiger partial charge on any atom is -0.392 e. The zero-order valence-corrected chi connectivity index (χ0v) is 11.0. The second-order valence-electron chi connectivity index (χ2n) is 5.34. The molecule has 3 unspecified atom stereocenters. The quantitative estimate of drug-likeness (QED) is 0.605. The van der Waals surface area contributed by atoms with E-state index in [0.717, 1.165) is 19.3 Å². The fourth-order valence-corrected chi connectivity index (χ4v) is 3.34. The molecular formula is C12H18N2O2S. The fraction of sp³-hybridized carbons (Fsp3) is 0.750. The molecule has 2 amide bonds. The van der Waals surface area contributed by atoms with E-state index in [9.17, 15) is 9.59 Å². The normalized spacial score (nSPS) is 29.9. The number of rotatable bonds is 3. The minimum absolute atomic E-state index is 0.00769. The van der Waals surface area contributed by atoms with E-state index in [1.807, 2.05) is 13.8 Å². The zero-order chi connectivity index (χ0) is 12.7. The van der Waals surface area contributed by atoms with E-state index in [1.165, 1.54) is 4.90 Å². The summed E-state index contributed by atoms with van der Waals surface area (Å²) in [5.41, 5.74) is 5.69. The van der Waals surface area contributed by atoms with Crippen molar-refractivity contribution in [3.8, 4) is 0 Å². The Labute approximate surface area is 107 Å². The van der Waals surface area contributed by atoms with Crippen molar-refractivity contribution in [1.29, 1.82) is 0 Å². The van der Waals surface area contributed by atoms with Crippen LogP contribution >= 0.6 is 12.2 Å². The first-order valence-electron chi connectivity index (χ1n) is 6.09. The minimum atomic E-state index is -0.423. The van der Waals surface area contributed by atoms with Gasteiger partial charge in [0.2, 0.25) is 11.8 Å². The maximum atomic E-state index is 12.2. The van der Waals surface area contributed by atoms with E-state index in [-0.39, 0.29) is 34.6 Å². The summed E-state index contributed by atoms with van der Waals surface area (Å²) in [6, 6.07) is -0.423. The molecule has 1 heterocycles. The number of hydrogen-bond donors (Lipinski definition) is 1. The number of likely N-dealkylation sites (tertiary alicyclic amines) is 1. The van der Waals surface area contributed by atoms with Crippen LogP contribution in [0.3, 0.4) is 0 Å². The lowest BCUT2D eigenvalue weighted by Crippen LogP contribution is -2.57. The first kappa shape index (κ1) is 12.5. The lowest BCUT2D eigenvalue weighted by Gasteiger charge is -2.37. The number of carbonyl (C=O) groups excluding carboxylic acids is 2. The van der Waals surface area contributed by atoms with Crippen molar-refractivity contribution < 1.29 is 9.59 Å². The Hall–Kier alpha value is -0.970. The summed E-state index contributed by atoms with van der Waals surface area (Å²) in [5, 5.41) is 0. The number of imide groups is 1. The molecule has 2 bridgehead atoms. The Morgan fingerprint density at radius 2 is 1.76 bits per heavy atom. The lowest BCUT2D eigenvalue weighted by atomic mass is 9.92. The van der Waals surface area contributed by atoms with Gasteiger partial charge in [0.05, 0.1) is 11.0 Å². The number of nitrogens with zero attached hydrogens (tertiary/aromatic N) is 1. The molecule has 0 radical (unpaired) electrons. The molecule has 5 heteroatoms. The Morgan fingerprint density at radius 3 is 2.12 bits per heavy atom. The number of hydrogen-bond acceptors (Lipinski definition) is 3. The van der Waals surface area contributed by atoms with Crippen LogP contribution < -0.4 is 5.73 Å². The summed E-state index contributed by atoms with van der Waals surface area (Å²) in [7, 11) is 0. The van der Waals surface area contributed by atoms with Crippen LogP contribution in [0.1, 0.15) is 33.1 Å². The second-order valence-corrected chi connectivity index (χ2v) is 5.82. The molecule has 1 saturated heterocycles. The molecule has 0 aromatic heterocycles. The van der Waals surface area contributed by atoms with Crippen molar-refractivity contribution in [2.75, 3.05) is 0 Å². The molecule has 1 aliphatic heterocycles. The first-order valence-corrected chi connectivity index (χ1v) is 6.50. The summed E-state index contributed by atoms with van der Waals surface area (Å²) < 4.78 is 0. The largest absolute Gasteiger partial charge is 0.392 e. The van der Waals surface area contributed by atoms with E-state index in [1.54, 1.807) is 0 Å². The summed E-state index contributed by atoms with van der Waals surface area (Å²) in [4.78, 5) is 26.1. The molecule has 2 fully saturated rings. The Bertz CT molecular complexity index is 359. The van der Waals surface area contributed by atoms with Gasteiger partial charge in [0, 0.05) is 11.8 Å². The highest BCUT2D eigenvalue weighted by atomic mass is 32.1. The Balaban J connectivity index is 2.32. The molecule has 1 saturated carbocycles. The number of piperidine rings is 1. The van der Waals surface area contributed by atoms with Crippen molar-refractivity contribution in [1.82, 2.24) is 4.90 Å². The van der Waals surface area contributed by atoms with Gasteiger partial charge in [-0.1, -0.05) is 26.1 Å². The number of thiocarbonyl (C=S) groups is 1. The molecule has 2 rings (SSSR count). The third-order valence-electron chi connectivity index (χ3n) is 3.81. The van der Waals surface area contributed by atoms with Crippen molar-refractivity contribution in [2.24, 2.45) is 23.5 Å². The van der Waals surface area contributed by atoms with E-state index in [0.29, 0.717) is 0 Å². The second kappa shape index (κ2) is 4.37. The SMILES string of the molecule is CC(C)C(C(N)=S)N1C(=O)C2CCC(C2)C1=O.